The first-order valence-corrected chi connectivity index (χ1v) is 7.19. The summed E-state index contributed by atoms with van der Waals surface area (Å²) >= 11 is 2.94. The molecule has 1 N–H and O–H groups in total. The van der Waals surface area contributed by atoms with Crippen LogP contribution in [0.2, 0.25) is 0 Å². The number of ether oxygens (including phenoxy) is 1. The van der Waals surface area contributed by atoms with Crippen LogP contribution in [0.15, 0.2) is 66.7 Å². The maximum atomic E-state index is 5.48. The Hall–Kier alpha value is -1.66. The van der Waals surface area contributed by atoms with E-state index in [1.54, 1.807) is 0 Å². The van der Waals surface area contributed by atoms with Gasteiger partial charge in [-0.15, -0.1) is 0 Å². The normalized spacial score (nSPS) is 11.2. The fourth-order valence-electron chi connectivity index (χ4n) is 1.79. The summed E-state index contributed by atoms with van der Waals surface area (Å²) in [7, 11) is 0. The van der Waals surface area contributed by atoms with Crippen molar-refractivity contribution in [1.82, 2.24) is 0 Å². The molecular formula is C17H17CrNO. The van der Waals surface area contributed by atoms with Crippen molar-refractivity contribution in [2.24, 2.45) is 0 Å². The van der Waals surface area contributed by atoms with Crippen molar-refractivity contribution in [2.75, 3.05) is 11.9 Å². The second-order valence-corrected chi connectivity index (χ2v) is 4.80. The summed E-state index contributed by atoms with van der Waals surface area (Å²) in [6.07, 6.45) is 1.98. The van der Waals surface area contributed by atoms with Crippen LogP contribution in [0.3, 0.4) is 0 Å². The van der Waals surface area contributed by atoms with Gasteiger partial charge in [-0.2, -0.15) is 0 Å². The van der Waals surface area contributed by atoms with Gasteiger partial charge in [0.1, 0.15) is 0 Å². The molecule has 0 unspecified atom stereocenters. The summed E-state index contributed by atoms with van der Waals surface area (Å²) in [5, 5.41) is 3.42. The number of benzene rings is 2. The molecule has 0 saturated carbocycles. The van der Waals surface area contributed by atoms with Crippen LogP contribution < -0.4 is 5.32 Å². The van der Waals surface area contributed by atoms with Gasteiger partial charge in [0.2, 0.25) is 0 Å². The Morgan fingerprint density at radius 2 is 1.65 bits per heavy atom. The molecular weight excluding hydrogens is 286 g/mol. The van der Waals surface area contributed by atoms with Gasteiger partial charge < -0.3 is 0 Å². The SMILES string of the molecule is CCO[C](=[Cr])/C=C(\Nc1ccccc1)c1ccccc1. The van der Waals surface area contributed by atoms with Crippen molar-refractivity contribution in [3.05, 3.63) is 72.3 Å². The van der Waals surface area contributed by atoms with Crippen molar-refractivity contribution in [3.63, 3.8) is 0 Å². The van der Waals surface area contributed by atoms with E-state index in [2.05, 4.69) is 33.3 Å². The van der Waals surface area contributed by atoms with Gasteiger partial charge in [0.25, 0.3) is 0 Å². The molecule has 2 nitrogen and oxygen atoms in total. The molecule has 0 aromatic heterocycles. The molecule has 102 valence electrons. The Morgan fingerprint density at radius 1 is 1.05 bits per heavy atom. The monoisotopic (exact) mass is 303 g/mol. The predicted molar refractivity (Wildman–Crippen MR) is 81.1 cm³/mol. The average Bonchev–Trinajstić information content (AvgIpc) is 2.49. The zero-order valence-corrected chi connectivity index (χ0v) is 12.6. The van der Waals surface area contributed by atoms with E-state index in [4.69, 9.17) is 4.74 Å². The zero-order valence-electron chi connectivity index (χ0n) is 11.4. The predicted octanol–water partition coefficient (Wildman–Crippen LogP) is 3.85. The van der Waals surface area contributed by atoms with Gasteiger partial charge in [0.15, 0.2) is 0 Å². The van der Waals surface area contributed by atoms with E-state index in [1.807, 2.05) is 61.5 Å². The molecule has 2 aromatic rings. The van der Waals surface area contributed by atoms with E-state index in [0.717, 1.165) is 21.5 Å². The van der Waals surface area contributed by atoms with E-state index in [9.17, 15) is 0 Å². The molecule has 0 heterocycles. The average molecular weight is 303 g/mol. The fraction of sp³-hybridized carbons (Fsp3) is 0.118. The van der Waals surface area contributed by atoms with Crippen LogP contribution in [0.5, 0.6) is 0 Å². The van der Waals surface area contributed by atoms with Crippen LogP contribution in [0.1, 0.15) is 12.5 Å². The summed E-state index contributed by atoms with van der Waals surface area (Å²) < 4.78 is 6.25. The Balaban J connectivity index is 2.27. The minimum absolute atomic E-state index is 0.645. The molecule has 0 aliphatic heterocycles. The Labute approximate surface area is 128 Å². The third kappa shape index (κ3) is 4.47. The quantitative estimate of drug-likeness (QED) is 0.875. The van der Waals surface area contributed by atoms with E-state index < -0.39 is 0 Å². The van der Waals surface area contributed by atoms with Crippen LogP contribution in [0, 0.1) is 0 Å². The molecule has 0 saturated heterocycles. The standard InChI is InChI=1S/C17H17NO.Cr/c1-2-19-14-13-17(15-9-5-3-6-10-15)18-16-11-7-4-8-12-16;/h3-13,18H,2H2,1H3;/b17-13-;. The van der Waals surface area contributed by atoms with Gasteiger partial charge in [0.05, 0.1) is 0 Å². The summed E-state index contributed by atoms with van der Waals surface area (Å²) in [6, 6.07) is 20.3. The van der Waals surface area contributed by atoms with Gasteiger partial charge in [-0.1, -0.05) is 0 Å². The fourth-order valence-corrected chi connectivity index (χ4v) is 2.16. The zero-order chi connectivity index (χ0) is 14.2. The number of para-hydroxylation sites is 1. The van der Waals surface area contributed by atoms with Gasteiger partial charge in [-0.3, -0.25) is 0 Å². The number of anilines is 1. The molecule has 0 aliphatic carbocycles. The second kappa shape index (κ2) is 7.82. The first-order chi connectivity index (χ1) is 9.79. The van der Waals surface area contributed by atoms with Gasteiger partial charge in [-0.25, -0.2) is 0 Å². The maximum absolute atomic E-state index is 5.48. The van der Waals surface area contributed by atoms with Gasteiger partial charge >= 0.3 is 128 Å². The minimum atomic E-state index is 0.645. The van der Waals surface area contributed by atoms with Crippen molar-refractivity contribution in [3.8, 4) is 0 Å². The van der Waals surface area contributed by atoms with Gasteiger partial charge in [-0.05, 0) is 0 Å². The van der Waals surface area contributed by atoms with E-state index in [1.165, 1.54) is 0 Å². The number of nitrogens with one attached hydrogen (secondary N) is 1. The summed E-state index contributed by atoms with van der Waals surface area (Å²) in [5.74, 6) is 0. The van der Waals surface area contributed by atoms with Crippen LogP contribution in [0.4, 0.5) is 5.69 Å². The van der Waals surface area contributed by atoms with Crippen molar-refractivity contribution in [2.45, 2.75) is 6.92 Å². The summed E-state index contributed by atoms with van der Waals surface area (Å²) in [5.41, 5.74) is 3.16. The topological polar surface area (TPSA) is 21.3 Å². The van der Waals surface area contributed by atoms with E-state index in [-0.39, 0.29) is 0 Å². The Kier molecular flexibility index (Phi) is 5.76. The van der Waals surface area contributed by atoms with Crippen LogP contribution >= 0.6 is 0 Å². The first-order valence-electron chi connectivity index (χ1n) is 6.55. The molecule has 0 bridgehead atoms. The number of hydrogen-bond donors (Lipinski definition) is 1. The molecule has 0 atom stereocenters. The molecule has 2 aromatic carbocycles. The Morgan fingerprint density at radius 3 is 2.25 bits per heavy atom. The molecule has 20 heavy (non-hydrogen) atoms. The van der Waals surface area contributed by atoms with Crippen LogP contribution in [-0.4, -0.2) is 11.2 Å². The summed E-state index contributed by atoms with van der Waals surface area (Å²) in [6.45, 7) is 2.62. The molecule has 0 spiro atoms. The summed E-state index contributed by atoms with van der Waals surface area (Å²) in [4.78, 5) is 0. The van der Waals surface area contributed by atoms with Crippen LogP contribution in [-0.2, 0) is 20.6 Å². The third-order valence-corrected chi connectivity index (χ3v) is 3.05. The van der Waals surface area contributed by atoms with Crippen molar-refractivity contribution >= 4 is 16.0 Å². The number of rotatable bonds is 6. The molecule has 0 radical (unpaired) electrons. The van der Waals surface area contributed by atoms with Crippen molar-refractivity contribution in [1.29, 1.82) is 0 Å². The van der Waals surface area contributed by atoms with E-state index in [0.29, 0.717) is 6.61 Å². The third-order valence-electron chi connectivity index (χ3n) is 2.69. The molecule has 3 heteroatoms. The van der Waals surface area contributed by atoms with Gasteiger partial charge in [0, 0.05) is 0 Å². The second-order valence-electron chi connectivity index (χ2n) is 4.17. The molecule has 2 rings (SSSR count). The first kappa shape index (κ1) is 14.7. The van der Waals surface area contributed by atoms with Crippen LogP contribution in [0.25, 0.3) is 5.70 Å². The Bertz CT molecular complexity index is 578. The number of hydrogen-bond acceptors (Lipinski definition) is 2. The molecule has 0 fully saturated rings. The molecule has 0 aliphatic rings. The molecule has 0 amide bonds. The van der Waals surface area contributed by atoms with E-state index >= 15 is 0 Å². The van der Waals surface area contributed by atoms with Crippen molar-refractivity contribution < 1.29 is 20.6 Å².